The minimum atomic E-state index is -1.02. The number of carboxylic acid groups (broad SMARTS) is 1. The summed E-state index contributed by atoms with van der Waals surface area (Å²) in [5.74, 6) is -1.02. The molecule has 0 bridgehead atoms. The fraction of sp³-hybridized carbons (Fsp3) is 0.375. The van der Waals surface area contributed by atoms with Crippen LogP contribution in [0.4, 0.5) is 0 Å². The smallest absolute Gasteiger partial charge is 0.336 e. The van der Waals surface area contributed by atoms with Crippen LogP contribution >= 0.6 is 0 Å². The molecular formula is C32H37NO2. The molecule has 0 aliphatic heterocycles. The number of hydrogen-bond donors (Lipinski definition) is 1. The largest absolute Gasteiger partial charge is 0.478 e. The van der Waals surface area contributed by atoms with Crippen LogP contribution in [0, 0.1) is 11.3 Å². The molecule has 3 rings (SSSR count). The fourth-order valence-electron chi connectivity index (χ4n) is 4.64. The zero-order chi connectivity index (χ0) is 25.0. The average Bonchev–Trinajstić information content (AvgIpc) is 2.88. The summed E-state index contributed by atoms with van der Waals surface area (Å²) in [5.41, 5.74) is 6.08. The van der Waals surface area contributed by atoms with Gasteiger partial charge in [-0.25, -0.2) is 4.79 Å². The minimum Gasteiger partial charge on any atom is -0.478 e. The van der Waals surface area contributed by atoms with Crippen LogP contribution in [0.2, 0.25) is 0 Å². The first kappa shape index (κ1) is 26.2. The van der Waals surface area contributed by atoms with E-state index in [0.29, 0.717) is 11.1 Å². The number of nitriles is 1. The van der Waals surface area contributed by atoms with E-state index in [0.717, 1.165) is 36.0 Å². The van der Waals surface area contributed by atoms with E-state index in [1.807, 2.05) is 24.3 Å². The van der Waals surface area contributed by atoms with Gasteiger partial charge in [0.2, 0.25) is 0 Å². The number of aryl methyl sites for hydroxylation is 2. The zero-order valence-corrected chi connectivity index (χ0v) is 21.1. The Morgan fingerprint density at radius 3 is 1.77 bits per heavy atom. The highest BCUT2D eigenvalue weighted by Crippen LogP contribution is 2.35. The number of unbranched alkanes of at least 4 members (excludes halogenated alkanes) is 6. The number of hydrogen-bond acceptors (Lipinski definition) is 2. The highest BCUT2D eigenvalue weighted by Gasteiger charge is 2.20. The first-order valence-corrected chi connectivity index (χ1v) is 13.1. The van der Waals surface area contributed by atoms with Crippen molar-refractivity contribution in [2.24, 2.45) is 0 Å². The van der Waals surface area contributed by atoms with Crippen molar-refractivity contribution in [3.05, 3.63) is 82.9 Å². The Morgan fingerprint density at radius 2 is 1.23 bits per heavy atom. The van der Waals surface area contributed by atoms with Crippen LogP contribution in [0.1, 0.15) is 92.3 Å². The normalized spacial score (nSPS) is 10.8. The summed E-state index contributed by atoms with van der Waals surface area (Å²) in [6.07, 6.45) is 11.8. The lowest BCUT2D eigenvalue weighted by atomic mass is 9.88. The molecule has 3 heteroatoms. The van der Waals surface area contributed by atoms with Gasteiger partial charge in [-0.15, -0.1) is 0 Å². The van der Waals surface area contributed by atoms with Gasteiger partial charge in [0, 0.05) is 11.1 Å². The van der Waals surface area contributed by atoms with E-state index in [2.05, 4.69) is 44.2 Å². The van der Waals surface area contributed by atoms with Crippen molar-refractivity contribution in [2.45, 2.75) is 78.1 Å². The van der Waals surface area contributed by atoms with Crippen LogP contribution in [0.5, 0.6) is 0 Å². The van der Waals surface area contributed by atoms with E-state index >= 15 is 0 Å². The lowest BCUT2D eigenvalue weighted by molar-refractivity contribution is 0.0697. The molecule has 3 nitrogen and oxygen atoms in total. The van der Waals surface area contributed by atoms with E-state index < -0.39 is 5.97 Å². The predicted octanol–water partition coefficient (Wildman–Crippen LogP) is 8.84. The third-order valence-corrected chi connectivity index (χ3v) is 6.69. The molecular weight excluding hydrogens is 430 g/mol. The van der Waals surface area contributed by atoms with Crippen molar-refractivity contribution in [3.63, 3.8) is 0 Å². The summed E-state index contributed by atoms with van der Waals surface area (Å²) in [5, 5.41) is 20.0. The summed E-state index contributed by atoms with van der Waals surface area (Å²) in [4.78, 5) is 12.1. The van der Waals surface area contributed by atoms with Crippen molar-refractivity contribution in [1.29, 1.82) is 5.26 Å². The Hall–Kier alpha value is -3.38. The minimum absolute atomic E-state index is 0.161. The molecule has 0 heterocycles. The SMILES string of the molecule is CCCCCCCc1ccc(-c2c(C(=O)O)ccc(-c3ccc(CCCCC)cc3)c2C#N)cc1. The number of nitrogens with zero attached hydrogens (tertiary/aromatic N) is 1. The molecule has 0 saturated heterocycles. The van der Waals surface area contributed by atoms with Gasteiger partial charge in [0.15, 0.2) is 0 Å². The predicted molar refractivity (Wildman–Crippen MR) is 145 cm³/mol. The molecule has 0 aliphatic rings. The van der Waals surface area contributed by atoms with Gasteiger partial charge in [0.25, 0.3) is 0 Å². The van der Waals surface area contributed by atoms with Gasteiger partial charge >= 0.3 is 5.97 Å². The van der Waals surface area contributed by atoms with Gasteiger partial charge < -0.3 is 5.11 Å². The van der Waals surface area contributed by atoms with E-state index in [9.17, 15) is 15.2 Å². The van der Waals surface area contributed by atoms with Gasteiger partial charge in [0.05, 0.1) is 11.1 Å². The number of carbonyl (C=O) groups is 1. The Balaban J connectivity index is 1.90. The first-order chi connectivity index (χ1) is 17.1. The molecule has 0 unspecified atom stereocenters. The maximum absolute atomic E-state index is 12.1. The average molecular weight is 468 g/mol. The zero-order valence-electron chi connectivity index (χ0n) is 21.1. The van der Waals surface area contributed by atoms with E-state index in [1.165, 1.54) is 56.1 Å². The highest BCUT2D eigenvalue weighted by atomic mass is 16.4. The van der Waals surface area contributed by atoms with Crippen molar-refractivity contribution >= 4 is 5.97 Å². The maximum atomic E-state index is 12.1. The molecule has 0 amide bonds. The number of aromatic carboxylic acids is 1. The third kappa shape index (κ3) is 7.06. The monoisotopic (exact) mass is 467 g/mol. The number of carboxylic acids is 1. The second-order valence-corrected chi connectivity index (χ2v) is 9.34. The van der Waals surface area contributed by atoms with Crippen molar-refractivity contribution in [1.82, 2.24) is 0 Å². The van der Waals surface area contributed by atoms with Gasteiger partial charge in [0.1, 0.15) is 6.07 Å². The van der Waals surface area contributed by atoms with Crippen molar-refractivity contribution in [2.75, 3.05) is 0 Å². The summed E-state index contributed by atoms with van der Waals surface area (Å²) < 4.78 is 0. The Bertz CT molecular complexity index is 1140. The second kappa shape index (κ2) is 13.5. The molecule has 35 heavy (non-hydrogen) atoms. The lowest BCUT2D eigenvalue weighted by Gasteiger charge is -2.14. The molecule has 3 aromatic rings. The molecule has 0 aromatic heterocycles. The van der Waals surface area contributed by atoms with Crippen molar-refractivity contribution in [3.8, 4) is 28.3 Å². The van der Waals surface area contributed by atoms with Gasteiger partial charge in [-0.3, -0.25) is 0 Å². The third-order valence-electron chi connectivity index (χ3n) is 6.69. The highest BCUT2D eigenvalue weighted by molar-refractivity contribution is 6.00. The first-order valence-electron chi connectivity index (χ1n) is 13.1. The molecule has 0 aliphatic carbocycles. The van der Waals surface area contributed by atoms with Crippen LogP contribution in [-0.4, -0.2) is 11.1 Å². The summed E-state index contributed by atoms with van der Waals surface area (Å²) in [6.45, 7) is 4.42. The van der Waals surface area contributed by atoms with E-state index in [1.54, 1.807) is 12.1 Å². The van der Waals surface area contributed by atoms with Crippen LogP contribution in [0.15, 0.2) is 60.7 Å². The lowest BCUT2D eigenvalue weighted by Crippen LogP contribution is -2.03. The molecule has 1 N–H and O–H groups in total. The van der Waals surface area contributed by atoms with Crippen LogP contribution in [-0.2, 0) is 12.8 Å². The van der Waals surface area contributed by atoms with Crippen LogP contribution in [0.3, 0.4) is 0 Å². The molecule has 0 radical (unpaired) electrons. The van der Waals surface area contributed by atoms with Gasteiger partial charge in [-0.05, 0) is 54.0 Å². The Morgan fingerprint density at radius 1 is 0.714 bits per heavy atom. The molecule has 3 aromatic carbocycles. The Kier molecular flexibility index (Phi) is 10.1. The van der Waals surface area contributed by atoms with Crippen molar-refractivity contribution < 1.29 is 9.90 Å². The van der Waals surface area contributed by atoms with E-state index in [-0.39, 0.29) is 5.56 Å². The molecule has 0 fully saturated rings. The summed E-state index contributed by atoms with van der Waals surface area (Å²) in [6, 6.07) is 22.1. The maximum Gasteiger partial charge on any atom is 0.336 e. The standard InChI is InChI=1S/C32H37NO2/c1-3-5-7-8-10-12-25-15-19-27(20-16-25)31-29(32(34)35)22-21-28(30(31)23-33)26-17-13-24(14-18-26)11-9-6-4-2/h13-22H,3-12H2,1-2H3,(H,34,35). The fourth-order valence-corrected chi connectivity index (χ4v) is 4.64. The molecule has 0 spiro atoms. The van der Waals surface area contributed by atoms with E-state index in [4.69, 9.17) is 0 Å². The Labute approximate surface area is 210 Å². The van der Waals surface area contributed by atoms with Crippen LogP contribution in [0.25, 0.3) is 22.3 Å². The van der Waals surface area contributed by atoms with Gasteiger partial charge in [-0.1, -0.05) is 107 Å². The molecule has 0 atom stereocenters. The molecule has 182 valence electrons. The van der Waals surface area contributed by atoms with Crippen LogP contribution < -0.4 is 0 Å². The summed E-state index contributed by atoms with van der Waals surface area (Å²) in [7, 11) is 0. The topological polar surface area (TPSA) is 61.1 Å². The second-order valence-electron chi connectivity index (χ2n) is 9.34. The number of benzene rings is 3. The number of rotatable bonds is 13. The van der Waals surface area contributed by atoms with Gasteiger partial charge in [-0.2, -0.15) is 5.26 Å². The summed E-state index contributed by atoms with van der Waals surface area (Å²) >= 11 is 0. The molecule has 0 saturated carbocycles. The quantitative estimate of drug-likeness (QED) is 0.255.